The van der Waals surface area contributed by atoms with Crippen LogP contribution in [0.25, 0.3) is 0 Å². The summed E-state index contributed by atoms with van der Waals surface area (Å²) in [4.78, 5) is 7.94. The number of aliphatic imine (C=N–C) groups is 2. The van der Waals surface area contributed by atoms with Gasteiger partial charge in [-0.25, -0.2) is 15.2 Å². The molecule has 0 aromatic rings. The molecular formula is C15H20BN5. The molecule has 0 radical (unpaired) electrons. The van der Waals surface area contributed by atoms with Crippen molar-refractivity contribution in [1.29, 1.82) is 10.5 Å². The van der Waals surface area contributed by atoms with Crippen molar-refractivity contribution in [3.8, 4) is 12.0 Å². The number of rotatable bonds is 3. The van der Waals surface area contributed by atoms with E-state index < -0.39 is 0 Å². The normalized spacial score (nSPS) is 21.7. The van der Waals surface area contributed by atoms with Gasteiger partial charge in [0.15, 0.2) is 0 Å². The van der Waals surface area contributed by atoms with Gasteiger partial charge in [0.1, 0.15) is 11.9 Å². The van der Waals surface area contributed by atoms with Gasteiger partial charge in [-0.05, 0) is 25.2 Å². The molecule has 1 aliphatic carbocycles. The quantitative estimate of drug-likeness (QED) is 0.490. The molecule has 1 heterocycles. The maximum Gasteiger partial charge on any atom is 0.267 e. The van der Waals surface area contributed by atoms with Crippen LogP contribution >= 0.6 is 0 Å². The van der Waals surface area contributed by atoms with Crippen LogP contribution in [0.3, 0.4) is 0 Å². The van der Waals surface area contributed by atoms with E-state index >= 15 is 0 Å². The molecule has 2 aliphatic rings. The smallest absolute Gasteiger partial charge is 0.267 e. The van der Waals surface area contributed by atoms with Crippen molar-refractivity contribution in [3.05, 3.63) is 12.4 Å². The Bertz CT molecular complexity index is 535. The number of nitriles is 2. The summed E-state index contributed by atoms with van der Waals surface area (Å²) in [6, 6.07) is 2.31. The molecule has 0 atom stereocenters. The third-order valence-corrected chi connectivity index (χ3v) is 4.55. The fourth-order valence-corrected chi connectivity index (χ4v) is 3.46. The predicted molar refractivity (Wildman–Crippen MR) is 85.2 cm³/mol. The number of amidine groups is 1. The van der Waals surface area contributed by atoms with E-state index in [9.17, 15) is 0 Å². The third kappa shape index (κ3) is 3.73. The minimum Gasteiger partial charge on any atom is -0.368 e. The maximum absolute atomic E-state index is 8.95. The van der Waals surface area contributed by atoms with E-state index in [0.29, 0.717) is 17.3 Å². The molecule has 0 unspecified atom stereocenters. The van der Waals surface area contributed by atoms with Gasteiger partial charge in [-0.2, -0.15) is 5.26 Å². The summed E-state index contributed by atoms with van der Waals surface area (Å²) in [5, 5.41) is 21.1. The first kappa shape index (κ1) is 15.3. The average molecular weight is 281 g/mol. The summed E-state index contributed by atoms with van der Waals surface area (Å²) in [7, 11) is 0. The molecule has 1 aliphatic heterocycles. The fraction of sp³-hybridized carbons (Fsp3) is 0.600. The van der Waals surface area contributed by atoms with E-state index in [1.54, 1.807) is 13.1 Å². The standard InChI is InChI=1S/C15H20BN5/c1-3-19-14(10-17)21-12(2)20-13-8-15(9-13)4-6-16(11-18)7-5-15/h3,13,20H,2,4-9H2,1H3. The first-order valence-electron chi connectivity index (χ1n) is 7.43. The molecule has 0 aromatic heterocycles. The molecule has 1 saturated carbocycles. The maximum atomic E-state index is 8.95. The molecule has 6 heteroatoms. The van der Waals surface area contributed by atoms with Gasteiger partial charge in [0, 0.05) is 18.2 Å². The van der Waals surface area contributed by atoms with Crippen molar-refractivity contribution in [3.63, 3.8) is 0 Å². The van der Waals surface area contributed by atoms with Gasteiger partial charge >= 0.3 is 0 Å². The molecule has 1 N–H and O–H groups in total. The van der Waals surface area contributed by atoms with E-state index in [-0.39, 0.29) is 12.5 Å². The van der Waals surface area contributed by atoms with Gasteiger partial charge in [-0.15, -0.1) is 0 Å². The lowest BCUT2D eigenvalue weighted by Gasteiger charge is -2.51. The van der Waals surface area contributed by atoms with Crippen molar-refractivity contribution < 1.29 is 0 Å². The second-order valence-corrected chi connectivity index (χ2v) is 6.03. The zero-order valence-corrected chi connectivity index (χ0v) is 12.5. The lowest BCUT2D eigenvalue weighted by Crippen LogP contribution is -2.50. The van der Waals surface area contributed by atoms with Crippen molar-refractivity contribution in [1.82, 2.24) is 5.32 Å². The second kappa shape index (κ2) is 6.58. The molecule has 2 fully saturated rings. The highest BCUT2D eigenvalue weighted by molar-refractivity contribution is 6.67. The van der Waals surface area contributed by atoms with E-state index in [0.717, 1.165) is 38.3 Å². The number of nitrogens with one attached hydrogen (secondary N) is 1. The lowest BCUT2D eigenvalue weighted by molar-refractivity contribution is 0.0725. The number of hydrogen-bond acceptors (Lipinski definition) is 4. The van der Waals surface area contributed by atoms with Crippen molar-refractivity contribution in [2.24, 2.45) is 15.4 Å². The van der Waals surface area contributed by atoms with Crippen LogP contribution in [0.5, 0.6) is 0 Å². The largest absolute Gasteiger partial charge is 0.368 e. The molecule has 1 saturated heterocycles. The molecule has 108 valence electrons. The lowest BCUT2D eigenvalue weighted by atomic mass is 9.37. The Kier molecular flexibility index (Phi) is 4.80. The summed E-state index contributed by atoms with van der Waals surface area (Å²) in [6.45, 7) is 5.84. The van der Waals surface area contributed by atoms with Crippen molar-refractivity contribution in [2.45, 2.75) is 51.3 Å². The van der Waals surface area contributed by atoms with Crippen LogP contribution in [0.2, 0.25) is 12.6 Å². The van der Waals surface area contributed by atoms with Crippen molar-refractivity contribution >= 4 is 18.8 Å². The molecular weight excluding hydrogens is 261 g/mol. The monoisotopic (exact) mass is 281 g/mol. The van der Waals surface area contributed by atoms with Crippen LogP contribution in [0.1, 0.15) is 32.6 Å². The van der Waals surface area contributed by atoms with Gasteiger partial charge in [0.2, 0.25) is 5.84 Å². The average Bonchev–Trinajstić information content (AvgIpc) is 2.46. The summed E-state index contributed by atoms with van der Waals surface area (Å²) in [5.41, 5.74) is 0.425. The molecule has 0 amide bonds. The minimum absolute atomic E-state index is 0.124. The molecule has 1 spiro atoms. The highest BCUT2D eigenvalue weighted by Crippen LogP contribution is 2.52. The van der Waals surface area contributed by atoms with Crippen LogP contribution in [-0.2, 0) is 0 Å². The summed E-state index contributed by atoms with van der Waals surface area (Å²) in [6.07, 6.45) is 8.14. The zero-order valence-electron chi connectivity index (χ0n) is 12.5. The van der Waals surface area contributed by atoms with E-state index in [1.807, 2.05) is 6.07 Å². The van der Waals surface area contributed by atoms with Gasteiger partial charge in [-0.3, -0.25) is 0 Å². The fourth-order valence-electron chi connectivity index (χ4n) is 3.46. The number of hydrogen-bond donors (Lipinski definition) is 1. The minimum atomic E-state index is 0.124. The SMILES string of the molecule is C=C(N=C(C#N)N=CC)NC1CC2(CCB(C#N)CC2)C1. The Hall–Kier alpha value is -2.08. The predicted octanol–water partition coefficient (Wildman–Crippen LogP) is 2.56. The summed E-state index contributed by atoms with van der Waals surface area (Å²) in [5.74, 6) is 3.01. The second-order valence-electron chi connectivity index (χ2n) is 6.03. The Morgan fingerprint density at radius 1 is 1.38 bits per heavy atom. The highest BCUT2D eigenvalue weighted by Gasteiger charge is 2.46. The molecule has 0 bridgehead atoms. The zero-order chi connectivity index (χ0) is 15.3. The van der Waals surface area contributed by atoms with Gasteiger partial charge in [-0.1, -0.05) is 32.1 Å². The Morgan fingerprint density at radius 2 is 2.05 bits per heavy atom. The molecule has 2 rings (SSSR count). The highest BCUT2D eigenvalue weighted by atomic mass is 15.1. The Balaban J connectivity index is 1.80. The van der Waals surface area contributed by atoms with Gasteiger partial charge in [0.25, 0.3) is 6.71 Å². The third-order valence-electron chi connectivity index (χ3n) is 4.55. The van der Waals surface area contributed by atoms with Crippen LogP contribution in [0.4, 0.5) is 0 Å². The first-order chi connectivity index (χ1) is 10.1. The van der Waals surface area contributed by atoms with Gasteiger partial charge < -0.3 is 5.32 Å². The van der Waals surface area contributed by atoms with Crippen LogP contribution < -0.4 is 5.32 Å². The van der Waals surface area contributed by atoms with Crippen LogP contribution in [0.15, 0.2) is 22.4 Å². The molecule has 0 aromatic carbocycles. The Morgan fingerprint density at radius 3 is 2.57 bits per heavy atom. The van der Waals surface area contributed by atoms with Crippen LogP contribution in [-0.4, -0.2) is 24.8 Å². The topological polar surface area (TPSA) is 84.3 Å². The van der Waals surface area contributed by atoms with E-state index in [2.05, 4.69) is 27.8 Å². The Labute approximate surface area is 126 Å². The molecule has 5 nitrogen and oxygen atoms in total. The van der Waals surface area contributed by atoms with Crippen LogP contribution in [0, 0.1) is 28.0 Å². The number of nitrogens with zero attached hydrogens (tertiary/aromatic N) is 4. The summed E-state index contributed by atoms with van der Waals surface area (Å²) < 4.78 is 0. The van der Waals surface area contributed by atoms with E-state index in [1.165, 1.54) is 0 Å². The van der Waals surface area contributed by atoms with Gasteiger partial charge in [0.05, 0.1) is 0 Å². The summed E-state index contributed by atoms with van der Waals surface area (Å²) >= 11 is 0. The molecule has 21 heavy (non-hydrogen) atoms. The van der Waals surface area contributed by atoms with Crippen molar-refractivity contribution in [2.75, 3.05) is 0 Å². The first-order valence-corrected chi connectivity index (χ1v) is 7.43. The van der Waals surface area contributed by atoms with E-state index in [4.69, 9.17) is 10.5 Å².